The molecule has 2 rings (SSSR count). The van der Waals surface area contributed by atoms with Crippen molar-refractivity contribution in [2.45, 2.75) is 0 Å². The van der Waals surface area contributed by atoms with Crippen LogP contribution in [0.5, 0.6) is 0 Å². The summed E-state index contributed by atoms with van der Waals surface area (Å²) in [7, 11) is 0. The maximum Gasteiger partial charge on any atom is 0.262 e. The molecule has 0 aliphatic carbocycles. The number of rotatable bonds is 4. The summed E-state index contributed by atoms with van der Waals surface area (Å²) in [5, 5.41) is 9.05. The molecule has 6 heteroatoms. The molecule has 0 saturated heterocycles. The van der Waals surface area contributed by atoms with Gasteiger partial charge in [-0.3, -0.25) is 24.5 Å². The van der Waals surface area contributed by atoms with Crippen LogP contribution in [-0.2, 0) is 0 Å². The minimum atomic E-state index is -0.499. The highest BCUT2D eigenvalue weighted by Gasteiger charge is 2.23. The molecule has 2 amide bonds. The van der Waals surface area contributed by atoms with Crippen molar-refractivity contribution >= 4 is 11.8 Å². The molecule has 0 radical (unpaired) electrons. The molecule has 0 fully saturated rings. The normalized spacial score (nSPS) is 10.1. The number of nitrogens with zero attached hydrogens (tertiary/aromatic N) is 3. The van der Waals surface area contributed by atoms with Crippen LogP contribution in [0.4, 0.5) is 0 Å². The number of aromatic nitrogens is 2. The van der Waals surface area contributed by atoms with E-state index in [1.807, 2.05) is 0 Å². The maximum absolute atomic E-state index is 12.3. The Morgan fingerprint density at radius 2 is 1.50 bits per heavy atom. The Balaban J connectivity index is 2.27. The Morgan fingerprint density at radius 3 is 1.85 bits per heavy atom. The largest absolute Gasteiger partial charge is 0.395 e. The number of aliphatic hydroxyl groups excluding tert-OH is 1. The average Bonchev–Trinajstić information content (AvgIpc) is 2.53. The quantitative estimate of drug-likeness (QED) is 0.830. The Bertz CT molecular complexity index is 536. The molecule has 0 aromatic carbocycles. The first kappa shape index (κ1) is 13.8. The molecule has 0 saturated carbocycles. The van der Waals surface area contributed by atoms with Gasteiger partial charge in [-0.1, -0.05) is 0 Å². The molecule has 0 unspecified atom stereocenters. The summed E-state index contributed by atoms with van der Waals surface area (Å²) >= 11 is 0. The lowest BCUT2D eigenvalue weighted by Gasteiger charge is -2.19. The van der Waals surface area contributed by atoms with Crippen LogP contribution in [0.1, 0.15) is 20.7 Å². The molecule has 2 heterocycles. The first-order valence-corrected chi connectivity index (χ1v) is 6.01. The van der Waals surface area contributed by atoms with Crippen molar-refractivity contribution < 1.29 is 14.7 Å². The predicted octanol–water partition coefficient (Wildman–Crippen LogP) is 0.752. The second-order valence-electron chi connectivity index (χ2n) is 3.97. The van der Waals surface area contributed by atoms with E-state index in [0.29, 0.717) is 0 Å². The van der Waals surface area contributed by atoms with Crippen LogP contribution in [0, 0.1) is 0 Å². The lowest BCUT2D eigenvalue weighted by molar-refractivity contribution is 0.0585. The molecule has 0 bridgehead atoms. The number of imide groups is 1. The Morgan fingerprint density at radius 1 is 1.00 bits per heavy atom. The number of amides is 2. The summed E-state index contributed by atoms with van der Waals surface area (Å²) in [5.41, 5.74) is 0.580. The number of carbonyl (C=O) groups excluding carboxylic acids is 2. The number of carbonyl (C=O) groups is 2. The van der Waals surface area contributed by atoms with Gasteiger partial charge in [0.2, 0.25) is 0 Å². The van der Waals surface area contributed by atoms with Gasteiger partial charge < -0.3 is 5.11 Å². The van der Waals surface area contributed by atoms with Gasteiger partial charge in [-0.05, 0) is 24.3 Å². The molecule has 0 aliphatic heterocycles. The highest BCUT2D eigenvalue weighted by molar-refractivity contribution is 6.10. The monoisotopic (exact) mass is 271 g/mol. The van der Waals surface area contributed by atoms with Crippen LogP contribution in [0.15, 0.2) is 49.1 Å². The summed E-state index contributed by atoms with van der Waals surface area (Å²) in [6, 6.07) is 6.35. The van der Waals surface area contributed by atoms with Crippen molar-refractivity contribution in [2.24, 2.45) is 0 Å². The van der Waals surface area contributed by atoms with Gasteiger partial charge in [0.15, 0.2) is 0 Å². The lowest BCUT2D eigenvalue weighted by atomic mass is 10.2. The lowest BCUT2D eigenvalue weighted by Crippen LogP contribution is -2.39. The SMILES string of the molecule is O=C(c1cccnc1)N(CCO)C(=O)c1cccnc1. The van der Waals surface area contributed by atoms with Crippen molar-refractivity contribution in [3.8, 4) is 0 Å². The second kappa shape index (κ2) is 6.53. The molecule has 0 atom stereocenters. The number of aliphatic hydroxyl groups is 1. The van der Waals surface area contributed by atoms with E-state index >= 15 is 0 Å². The minimum absolute atomic E-state index is 0.0819. The highest BCUT2D eigenvalue weighted by atomic mass is 16.3. The van der Waals surface area contributed by atoms with Crippen LogP contribution in [0.3, 0.4) is 0 Å². The number of hydrogen-bond acceptors (Lipinski definition) is 5. The van der Waals surface area contributed by atoms with Gasteiger partial charge in [0.05, 0.1) is 24.3 Å². The molecule has 20 heavy (non-hydrogen) atoms. The zero-order valence-corrected chi connectivity index (χ0v) is 10.6. The van der Waals surface area contributed by atoms with Crippen molar-refractivity contribution in [1.82, 2.24) is 14.9 Å². The average molecular weight is 271 g/mol. The molecule has 2 aromatic heterocycles. The molecular weight excluding hydrogens is 258 g/mol. The standard InChI is InChI=1S/C14H13N3O3/c18-8-7-17(13(19)11-3-1-5-15-9-11)14(20)12-4-2-6-16-10-12/h1-6,9-10,18H,7-8H2. The van der Waals surface area contributed by atoms with Crippen molar-refractivity contribution in [3.05, 3.63) is 60.2 Å². The summed E-state index contributed by atoms with van der Waals surface area (Å²) < 4.78 is 0. The van der Waals surface area contributed by atoms with E-state index in [9.17, 15) is 9.59 Å². The van der Waals surface area contributed by atoms with E-state index in [1.165, 1.54) is 24.8 Å². The number of hydrogen-bond donors (Lipinski definition) is 1. The van der Waals surface area contributed by atoms with E-state index < -0.39 is 11.8 Å². The second-order valence-corrected chi connectivity index (χ2v) is 3.97. The molecule has 0 aliphatic rings. The number of pyridine rings is 2. The fraction of sp³-hybridized carbons (Fsp3) is 0.143. The third kappa shape index (κ3) is 3.04. The smallest absolute Gasteiger partial charge is 0.262 e. The van der Waals surface area contributed by atoms with Crippen molar-refractivity contribution in [3.63, 3.8) is 0 Å². The molecule has 0 spiro atoms. The van der Waals surface area contributed by atoms with Gasteiger partial charge >= 0.3 is 0 Å². The van der Waals surface area contributed by atoms with Crippen LogP contribution >= 0.6 is 0 Å². The Kier molecular flexibility index (Phi) is 4.52. The van der Waals surface area contributed by atoms with Crippen LogP contribution < -0.4 is 0 Å². The summed E-state index contributed by atoms with van der Waals surface area (Å²) in [5.74, 6) is -0.998. The van der Waals surface area contributed by atoms with Gasteiger partial charge in [-0.2, -0.15) is 0 Å². The van der Waals surface area contributed by atoms with Crippen molar-refractivity contribution in [2.75, 3.05) is 13.2 Å². The first-order valence-electron chi connectivity index (χ1n) is 6.01. The summed E-state index contributed by atoms with van der Waals surface area (Å²) in [6.07, 6.45) is 5.83. The predicted molar refractivity (Wildman–Crippen MR) is 70.9 cm³/mol. The first-order chi connectivity index (χ1) is 9.74. The van der Waals surface area contributed by atoms with E-state index in [-0.39, 0.29) is 24.3 Å². The van der Waals surface area contributed by atoms with Crippen LogP contribution in [-0.4, -0.2) is 44.9 Å². The topological polar surface area (TPSA) is 83.4 Å². The van der Waals surface area contributed by atoms with Gasteiger partial charge in [0.1, 0.15) is 0 Å². The fourth-order valence-corrected chi connectivity index (χ4v) is 1.69. The van der Waals surface area contributed by atoms with Gasteiger partial charge in [0.25, 0.3) is 11.8 Å². The van der Waals surface area contributed by atoms with Crippen molar-refractivity contribution in [1.29, 1.82) is 0 Å². The minimum Gasteiger partial charge on any atom is -0.395 e. The van der Waals surface area contributed by atoms with Gasteiger partial charge in [0, 0.05) is 24.8 Å². The van der Waals surface area contributed by atoms with Crippen LogP contribution in [0.2, 0.25) is 0 Å². The Labute approximate surface area is 115 Å². The summed E-state index contributed by atoms with van der Waals surface area (Å²) in [6.45, 7) is -0.389. The zero-order valence-electron chi connectivity index (χ0n) is 10.6. The molecule has 1 N–H and O–H groups in total. The van der Waals surface area contributed by atoms with Gasteiger partial charge in [-0.25, -0.2) is 0 Å². The molecule has 2 aromatic rings. The third-order valence-corrected chi connectivity index (χ3v) is 2.63. The van der Waals surface area contributed by atoms with E-state index in [4.69, 9.17) is 5.11 Å². The van der Waals surface area contributed by atoms with Crippen LogP contribution in [0.25, 0.3) is 0 Å². The summed E-state index contributed by atoms with van der Waals surface area (Å²) in [4.78, 5) is 33.2. The van der Waals surface area contributed by atoms with E-state index in [0.717, 1.165) is 4.90 Å². The van der Waals surface area contributed by atoms with Gasteiger partial charge in [-0.15, -0.1) is 0 Å². The Hall–Kier alpha value is -2.60. The third-order valence-electron chi connectivity index (χ3n) is 2.63. The zero-order chi connectivity index (χ0) is 14.4. The van der Waals surface area contributed by atoms with E-state index in [2.05, 4.69) is 9.97 Å². The fourth-order valence-electron chi connectivity index (χ4n) is 1.69. The highest BCUT2D eigenvalue weighted by Crippen LogP contribution is 2.08. The molecule has 6 nitrogen and oxygen atoms in total. The maximum atomic E-state index is 12.3. The van der Waals surface area contributed by atoms with E-state index in [1.54, 1.807) is 24.3 Å². The molecule has 102 valence electrons. The molecular formula is C14H13N3O3.